The van der Waals surface area contributed by atoms with Crippen LogP contribution in [0.3, 0.4) is 0 Å². The Labute approximate surface area is 162 Å². The van der Waals surface area contributed by atoms with Crippen molar-refractivity contribution in [2.24, 2.45) is 0 Å². The van der Waals surface area contributed by atoms with Gasteiger partial charge in [0.05, 0.1) is 11.0 Å². The first-order chi connectivity index (χ1) is 13.4. The highest BCUT2D eigenvalue weighted by molar-refractivity contribution is 5.86. The fourth-order valence-electron chi connectivity index (χ4n) is 3.85. The summed E-state index contributed by atoms with van der Waals surface area (Å²) in [6.45, 7) is 5.17. The molecule has 142 valence electrons. The zero-order chi connectivity index (χ0) is 19.8. The second kappa shape index (κ2) is 7.08. The maximum absolute atomic E-state index is 14.0. The molecule has 2 aromatic heterocycles. The van der Waals surface area contributed by atoms with Crippen LogP contribution in [0.5, 0.6) is 0 Å². The lowest BCUT2D eigenvalue weighted by Crippen LogP contribution is -2.13. The first-order valence-electron chi connectivity index (χ1n) is 9.25. The Hall–Kier alpha value is -3.21. The van der Waals surface area contributed by atoms with E-state index in [1.807, 2.05) is 54.8 Å². The van der Waals surface area contributed by atoms with E-state index in [2.05, 4.69) is 0 Å². The number of fused-ring (bicyclic) bond motifs is 2. The molecule has 1 atom stereocenters. The molecule has 0 N–H and O–H groups in total. The third kappa shape index (κ3) is 3.24. The first kappa shape index (κ1) is 18.2. The smallest absolute Gasteiger partial charge is 0.304 e. The van der Waals surface area contributed by atoms with Gasteiger partial charge in [-0.1, -0.05) is 24.3 Å². The number of benzene rings is 2. The van der Waals surface area contributed by atoms with Gasteiger partial charge in [-0.2, -0.15) is 0 Å². The Kier molecular flexibility index (Phi) is 4.59. The minimum absolute atomic E-state index is 0.294. The summed E-state index contributed by atoms with van der Waals surface area (Å²) < 4.78 is 21.3. The van der Waals surface area contributed by atoms with Gasteiger partial charge in [0.2, 0.25) is 0 Å². The minimum Gasteiger partial charge on any atom is -0.442 e. The third-order valence-corrected chi connectivity index (χ3v) is 5.06. The Balaban J connectivity index is 1.84. The highest BCUT2D eigenvalue weighted by Gasteiger charge is 2.20. The molecule has 0 saturated heterocycles. The molecule has 4 rings (SSSR count). The lowest BCUT2D eigenvalue weighted by molar-refractivity contribution is -0.149. The molecule has 0 fully saturated rings. The van der Waals surface area contributed by atoms with Gasteiger partial charge in [0.1, 0.15) is 5.82 Å². The normalized spacial score (nSPS) is 12.4. The van der Waals surface area contributed by atoms with Crippen LogP contribution in [0.15, 0.2) is 54.6 Å². The largest absolute Gasteiger partial charge is 0.442 e. The summed E-state index contributed by atoms with van der Waals surface area (Å²) in [7, 11) is 0. The molecule has 0 saturated carbocycles. The molecular weight excluding hydrogens is 355 g/mol. The molecule has 0 aliphatic carbocycles. The van der Waals surface area contributed by atoms with Gasteiger partial charge in [-0.15, -0.1) is 0 Å². The summed E-state index contributed by atoms with van der Waals surface area (Å²) in [5.74, 6) is -0.647. The Morgan fingerprint density at radius 1 is 1.18 bits per heavy atom. The third-order valence-electron chi connectivity index (χ3n) is 5.06. The van der Waals surface area contributed by atoms with Crippen molar-refractivity contribution in [2.45, 2.75) is 33.4 Å². The molecule has 4 aromatic rings. The van der Waals surface area contributed by atoms with Crippen LogP contribution in [0, 0.1) is 12.7 Å². The molecule has 4 nitrogen and oxygen atoms in total. The van der Waals surface area contributed by atoms with E-state index in [0.29, 0.717) is 6.42 Å². The summed E-state index contributed by atoms with van der Waals surface area (Å²) in [5.41, 5.74) is 4.59. The fourth-order valence-corrected chi connectivity index (χ4v) is 3.85. The Bertz CT molecular complexity index is 1200. The van der Waals surface area contributed by atoms with Crippen molar-refractivity contribution in [3.63, 3.8) is 0 Å². The molecule has 0 spiro atoms. The predicted molar refractivity (Wildman–Crippen MR) is 108 cm³/mol. The van der Waals surface area contributed by atoms with E-state index in [-0.39, 0.29) is 11.8 Å². The van der Waals surface area contributed by atoms with Crippen LogP contribution in [-0.2, 0) is 16.0 Å². The van der Waals surface area contributed by atoms with Crippen molar-refractivity contribution in [1.82, 2.24) is 9.55 Å². The summed E-state index contributed by atoms with van der Waals surface area (Å²) in [4.78, 5) is 16.2. The molecule has 5 heteroatoms. The molecular formula is C23H21FN2O2. The van der Waals surface area contributed by atoms with Gasteiger partial charge in [0.15, 0.2) is 6.23 Å². The van der Waals surface area contributed by atoms with Gasteiger partial charge >= 0.3 is 5.97 Å². The van der Waals surface area contributed by atoms with Crippen molar-refractivity contribution in [3.8, 4) is 0 Å². The van der Waals surface area contributed by atoms with E-state index in [1.54, 1.807) is 6.07 Å². The van der Waals surface area contributed by atoms with Crippen LogP contribution >= 0.6 is 0 Å². The van der Waals surface area contributed by atoms with Crippen LogP contribution in [0.4, 0.5) is 4.39 Å². The molecule has 0 aliphatic rings. The van der Waals surface area contributed by atoms with E-state index in [1.165, 1.54) is 19.1 Å². The van der Waals surface area contributed by atoms with Crippen LogP contribution in [0.25, 0.3) is 21.8 Å². The number of pyridine rings is 1. The zero-order valence-corrected chi connectivity index (χ0v) is 16.1. The number of para-hydroxylation sites is 1. The SMILES string of the molecule is CC(=O)OC(C)n1c(C)c(Cc2ccc3ccccc3n2)c2cc(F)ccc21. The topological polar surface area (TPSA) is 44.1 Å². The van der Waals surface area contributed by atoms with E-state index >= 15 is 0 Å². The number of ether oxygens (including phenoxy) is 1. The van der Waals surface area contributed by atoms with Gasteiger partial charge in [0.25, 0.3) is 0 Å². The number of carbonyl (C=O) groups is 1. The van der Waals surface area contributed by atoms with Crippen molar-refractivity contribution in [2.75, 3.05) is 0 Å². The van der Waals surface area contributed by atoms with Gasteiger partial charge in [-0.3, -0.25) is 9.78 Å². The number of esters is 1. The number of carbonyl (C=O) groups excluding carboxylic acids is 1. The van der Waals surface area contributed by atoms with Gasteiger partial charge in [0, 0.05) is 35.5 Å². The standard InChI is InChI=1S/C23H21FN2O2/c1-14-20(13-19-10-8-17-6-4-5-7-22(17)25-19)21-12-18(24)9-11-23(21)26(14)15(2)28-16(3)27/h4-12,15H,13H2,1-3H3. The van der Waals surface area contributed by atoms with Crippen LogP contribution < -0.4 is 0 Å². The molecule has 0 bridgehead atoms. The summed E-state index contributed by atoms with van der Waals surface area (Å²) in [6, 6.07) is 16.7. The van der Waals surface area contributed by atoms with E-state index < -0.39 is 6.23 Å². The number of hydrogen-bond donors (Lipinski definition) is 0. The van der Waals surface area contributed by atoms with Gasteiger partial charge < -0.3 is 9.30 Å². The van der Waals surface area contributed by atoms with Gasteiger partial charge in [-0.05, 0) is 49.7 Å². The number of halogens is 1. The van der Waals surface area contributed by atoms with Crippen LogP contribution in [0.2, 0.25) is 0 Å². The number of hydrogen-bond acceptors (Lipinski definition) is 3. The lowest BCUT2D eigenvalue weighted by atomic mass is 10.0. The minimum atomic E-state index is -0.483. The fraction of sp³-hybridized carbons (Fsp3) is 0.217. The summed E-state index contributed by atoms with van der Waals surface area (Å²) in [5, 5.41) is 1.89. The molecule has 0 radical (unpaired) electrons. The second-order valence-corrected chi connectivity index (χ2v) is 6.98. The zero-order valence-electron chi connectivity index (χ0n) is 16.1. The van der Waals surface area contributed by atoms with E-state index in [0.717, 1.165) is 38.8 Å². The first-order valence-corrected chi connectivity index (χ1v) is 9.25. The summed E-state index contributed by atoms with van der Waals surface area (Å²) in [6.07, 6.45) is 0.0833. The number of rotatable bonds is 4. The Morgan fingerprint density at radius 2 is 1.96 bits per heavy atom. The van der Waals surface area contributed by atoms with Crippen molar-refractivity contribution in [1.29, 1.82) is 0 Å². The second-order valence-electron chi connectivity index (χ2n) is 6.98. The monoisotopic (exact) mass is 376 g/mol. The van der Waals surface area contributed by atoms with Crippen LogP contribution in [-0.4, -0.2) is 15.5 Å². The van der Waals surface area contributed by atoms with Crippen molar-refractivity contribution < 1.29 is 13.9 Å². The maximum Gasteiger partial charge on any atom is 0.304 e. The molecule has 2 heterocycles. The predicted octanol–water partition coefficient (Wildman–Crippen LogP) is 5.31. The van der Waals surface area contributed by atoms with Crippen LogP contribution in [0.1, 0.15) is 37.0 Å². The van der Waals surface area contributed by atoms with E-state index in [9.17, 15) is 9.18 Å². The van der Waals surface area contributed by atoms with Crippen molar-refractivity contribution >= 4 is 27.8 Å². The highest BCUT2D eigenvalue weighted by atomic mass is 19.1. The molecule has 1 unspecified atom stereocenters. The average Bonchev–Trinajstić information content (AvgIpc) is 2.92. The Morgan fingerprint density at radius 3 is 2.75 bits per heavy atom. The number of nitrogens with zero attached hydrogens (tertiary/aromatic N) is 2. The number of aromatic nitrogens is 2. The van der Waals surface area contributed by atoms with E-state index in [4.69, 9.17) is 9.72 Å². The lowest BCUT2D eigenvalue weighted by Gasteiger charge is -2.17. The quantitative estimate of drug-likeness (QED) is 0.454. The van der Waals surface area contributed by atoms with Crippen molar-refractivity contribution in [3.05, 3.63) is 77.4 Å². The van der Waals surface area contributed by atoms with Gasteiger partial charge in [-0.25, -0.2) is 4.39 Å². The molecule has 2 aromatic carbocycles. The molecule has 28 heavy (non-hydrogen) atoms. The maximum atomic E-state index is 14.0. The molecule has 0 amide bonds. The molecule has 0 aliphatic heterocycles. The average molecular weight is 376 g/mol. The summed E-state index contributed by atoms with van der Waals surface area (Å²) >= 11 is 0. The highest BCUT2D eigenvalue weighted by Crippen LogP contribution is 2.32.